The number of methoxy groups -OCH3 is 1. The van der Waals surface area contributed by atoms with Gasteiger partial charge in [-0.2, -0.15) is 5.10 Å². The molecule has 0 saturated heterocycles. The Morgan fingerprint density at radius 3 is 2.86 bits per heavy atom. The Hall–Kier alpha value is -3.94. The van der Waals surface area contributed by atoms with Gasteiger partial charge in [0.15, 0.2) is 5.65 Å². The molecule has 0 saturated carbocycles. The number of ether oxygens (including phenoxy) is 1. The van der Waals surface area contributed by atoms with Crippen LogP contribution < -0.4 is 15.4 Å². The van der Waals surface area contributed by atoms with Crippen LogP contribution in [0.2, 0.25) is 0 Å². The molecular weight excluding hydrogens is 356 g/mol. The topological polar surface area (TPSA) is 93.4 Å². The van der Waals surface area contributed by atoms with Crippen molar-refractivity contribution in [2.45, 2.75) is 6.54 Å². The summed E-state index contributed by atoms with van der Waals surface area (Å²) in [5.41, 5.74) is 2.45. The molecule has 0 unspecified atom stereocenters. The third-order valence-electron chi connectivity index (χ3n) is 4.17. The molecule has 0 aliphatic heterocycles. The van der Waals surface area contributed by atoms with Crippen LogP contribution in [-0.4, -0.2) is 32.6 Å². The molecule has 4 aromatic rings. The number of benzene rings is 1. The minimum atomic E-state index is -0.309. The van der Waals surface area contributed by atoms with Crippen LogP contribution in [-0.2, 0) is 6.54 Å². The lowest BCUT2D eigenvalue weighted by Gasteiger charge is -2.09. The van der Waals surface area contributed by atoms with Crippen LogP contribution in [0.25, 0.3) is 5.65 Å². The first-order chi connectivity index (χ1) is 13.7. The summed E-state index contributed by atoms with van der Waals surface area (Å²) in [5, 5.41) is 10.3. The van der Waals surface area contributed by atoms with E-state index in [2.05, 4.69) is 25.7 Å². The molecule has 0 atom stereocenters. The number of anilines is 2. The third-order valence-corrected chi connectivity index (χ3v) is 4.17. The Labute approximate surface area is 161 Å². The molecule has 0 radical (unpaired) electrons. The molecule has 1 amide bonds. The van der Waals surface area contributed by atoms with Gasteiger partial charge in [0.2, 0.25) is 0 Å². The van der Waals surface area contributed by atoms with Crippen molar-refractivity contribution in [1.29, 1.82) is 0 Å². The molecular formula is C20H18N6O2. The first kappa shape index (κ1) is 17.5. The zero-order valence-electron chi connectivity index (χ0n) is 15.2. The molecule has 0 aliphatic rings. The highest BCUT2D eigenvalue weighted by molar-refractivity contribution is 6.08. The molecule has 140 valence electrons. The molecule has 2 N–H and O–H groups in total. The van der Waals surface area contributed by atoms with Gasteiger partial charge in [0.05, 0.1) is 19.0 Å². The predicted octanol–water partition coefficient (Wildman–Crippen LogP) is 3.00. The van der Waals surface area contributed by atoms with E-state index in [1.54, 1.807) is 48.4 Å². The van der Waals surface area contributed by atoms with Gasteiger partial charge in [0.1, 0.15) is 17.1 Å². The van der Waals surface area contributed by atoms with E-state index < -0.39 is 0 Å². The molecule has 1 aromatic carbocycles. The van der Waals surface area contributed by atoms with Crippen molar-refractivity contribution >= 4 is 23.1 Å². The van der Waals surface area contributed by atoms with Gasteiger partial charge in [0.25, 0.3) is 5.91 Å². The number of hydrogen-bond acceptors (Lipinski definition) is 6. The summed E-state index contributed by atoms with van der Waals surface area (Å²) in [6, 6.07) is 12.9. The van der Waals surface area contributed by atoms with Crippen LogP contribution in [0.4, 0.5) is 11.5 Å². The number of carbonyl (C=O) groups excluding carboxylic acids is 1. The third kappa shape index (κ3) is 3.61. The van der Waals surface area contributed by atoms with Crippen molar-refractivity contribution in [2.75, 3.05) is 17.7 Å². The second-order valence-corrected chi connectivity index (χ2v) is 6.01. The molecule has 28 heavy (non-hydrogen) atoms. The van der Waals surface area contributed by atoms with Gasteiger partial charge in [-0.25, -0.2) is 9.50 Å². The summed E-state index contributed by atoms with van der Waals surface area (Å²) in [5.74, 6) is 0.915. The lowest BCUT2D eigenvalue weighted by Crippen LogP contribution is -2.13. The standard InChI is InChI=1S/C20H18N6O2/c1-28-17-7-3-2-6-16(17)24-20(27)15-13-23-26-10-8-18(25-19(15)26)22-12-14-5-4-9-21-11-14/h2-11,13H,12H2,1H3,(H,22,25)(H,24,27). The number of nitrogens with zero attached hydrogens (tertiary/aromatic N) is 4. The molecule has 4 rings (SSSR count). The Kier molecular flexibility index (Phi) is 4.83. The van der Waals surface area contributed by atoms with E-state index in [1.165, 1.54) is 6.20 Å². The van der Waals surface area contributed by atoms with Gasteiger partial charge < -0.3 is 15.4 Å². The molecule has 8 heteroatoms. The monoisotopic (exact) mass is 374 g/mol. The van der Waals surface area contributed by atoms with Crippen LogP contribution in [0.3, 0.4) is 0 Å². The number of rotatable bonds is 6. The van der Waals surface area contributed by atoms with E-state index >= 15 is 0 Å². The highest BCUT2D eigenvalue weighted by atomic mass is 16.5. The van der Waals surface area contributed by atoms with E-state index in [-0.39, 0.29) is 5.91 Å². The fraction of sp³-hybridized carbons (Fsp3) is 0.100. The minimum Gasteiger partial charge on any atom is -0.495 e. The summed E-state index contributed by atoms with van der Waals surface area (Å²) in [6.45, 7) is 0.577. The average molecular weight is 374 g/mol. The van der Waals surface area contributed by atoms with Crippen molar-refractivity contribution in [3.63, 3.8) is 0 Å². The fourth-order valence-electron chi connectivity index (χ4n) is 2.76. The largest absolute Gasteiger partial charge is 0.495 e. The maximum absolute atomic E-state index is 12.8. The van der Waals surface area contributed by atoms with Crippen LogP contribution in [0, 0.1) is 0 Å². The second kappa shape index (κ2) is 7.75. The lowest BCUT2D eigenvalue weighted by molar-refractivity contribution is 0.102. The van der Waals surface area contributed by atoms with E-state index in [4.69, 9.17) is 4.74 Å². The molecule has 3 heterocycles. The molecule has 0 bridgehead atoms. The van der Waals surface area contributed by atoms with E-state index in [9.17, 15) is 4.79 Å². The van der Waals surface area contributed by atoms with E-state index in [0.29, 0.717) is 35.0 Å². The van der Waals surface area contributed by atoms with Gasteiger partial charge in [-0.05, 0) is 29.8 Å². The molecule has 0 fully saturated rings. The summed E-state index contributed by atoms with van der Waals surface area (Å²) in [6.07, 6.45) is 6.77. The Morgan fingerprint density at radius 2 is 2.04 bits per heavy atom. The predicted molar refractivity (Wildman–Crippen MR) is 105 cm³/mol. The van der Waals surface area contributed by atoms with Gasteiger partial charge in [-0.1, -0.05) is 18.2 Å². The van der Waals surface area contributed by atoms with Crippen LogP contribution in [0.15, 0.2) is 67.3 Å². The average Bonchev–Trinajstić information content (AvgIpc) is 3.17. The second-order valence-electron chi connectivity index (χ2n) is 6.01. The maximum atomic E-state index is 12.8. The summed E-state index contributed by atoms with van der Waals surface area (Å²) in [4.78, 5) is 21.4. The zero-order chi connectivity index (χ0) is 19.3. The Morgan fingerprint density at radius 1 is 1.14 bits per heavy atom. The van der Waals surface area contributed by atoms with Crippen molar-refractivity contribution in [1.82, 2.24) is 19.6 Å². The number of amides is 1. The van der Waals surface area contributed by atoms with Gasteiger partial charge in [0, 0.05) is 25.1 Å². The molecule has 0 aliphatic carbocycles. The number of carbonyl (C=O) groups is 1. The van der Waals surface area contributed by atoms with E-state index in [0.717, 1.165) is 5.56 Å². The smallest absolute Gasteiger partial charge is 0.261 e. The number of para-hydroxylation sites is 2. The van der Waals surface area contributed by atoms with Crippen molar-refractivity contribution < 1.29 is 9.53 Å². The Bertz CT molecular complexity index is 1110. The molecule has 0 spiro atoms. The number of fused-ring (bicyclic) bond motifs is 1. The highest BCUT2D eigenvalue weighted by Gasteiger charge is 2.16. The summed E-state index contributed by atoms with van der Waals surface area (Å²) >= 11 is 0. The summed E-state index contributed by atoms with van der Waals surface area (Å²) < 4.78 is 6.84. The maximum Gasteiger partial charge on any atom is 0.261 e. The van der Waals surface area contributed by atoms with Crippen molar-refractivity contribution in [3.8, 4) is 5.75 Å². The molecule has 8 nitrogen and oxygen atoms in total. The first-order valence-corrected chi connectivity index (χ1v) is 8.66. The van der Waals surface area contributed by atoms with Gasteiger partial charge in [-0.15, -0.1) is 0 Å². The van der Waals surface area contributed by atoms with Crippen LogP contribution in [0.1, 0.15) is 15.9 Å². The number of pyridine rings is 1. The zero-order valence-corrected chi connectivity index (χ0v) is 15.2. The normalized spacial score (nSPS) is 10.6. The van der Waals surface area contributed by atoms with Crippen molar-refractivity contribution in [2.24, 2.45) is 0 Å². The highest BCUT2D eigenvalue weighted by Crippen LogP contribution is 2.24. The van der Waals surface area contributed by atoms with Crippen LogP contribution >= 0.6 is 0 Å². The van der Waals surface area contributed by atoms with Gasteiger partial charge in [-0.3, -0.25) is 9.78 Å². The summed E-state index contributed by atoms with van der Waals surface area (Å²) in [7, 11) is 1.56. The molecule has 3 aromatic heterocycles. The fourth-order valence-corrected chi connectivity index (χ4v) is 2.76. The SMILES string of the molecule is COc1ccccc1NC(=O)c1cnn2ccc(NCc3cccnc3)nc12. The first-order valence-electron chi connectivity index (χ1n) is 8.66. The number of aromatic nitrogens is 4. The lowest BCUT2D eigenvalue weighted by atomic mass is 10.2. The van der Waals surface area contributed by atoms with Crippen LogP contribution in [0.5, 0.6) is 5.75 Å². The van der Waals surface area contributed by atoms with Crippen molar-refractivity contribution in [3.05, 3.63) is 78.4 Å². The minimum absolute atomic E-state index is 0.309. The van der Waals surface area contributed by atoms with Gasteiger partial charge >= 0.3 is 0 Å². The Balaban J connectivity index is 1.56. The quantitative estimate of drug-likeness (QED) is 0.539. The van der Waals surface area contributed by atoms with E-state index in [1.807, 2.05) is 24.3 Å². The number of nitrogens with one attached hydrogen (secondary N) is 2. The number of hydrogen-bond donors (Lipinski definition) is 2.